The number of carbonyl (C=O) groups is 1. The lowest BCUT2D eigenvalue weighted by Gasteiger charge is -2.11. The Labute approximate surface area is 152 Å². The van der Waals surface area contributed by atoms with Crippen molar-refractivity contribution >= 4 is 44.9 Å². The Balaban J connectivity index is 1.75. The topological polar surface area (TPSA) is 84.2 Å². The van der Waals surface area contributed by atoms with Crippen LogP contribution in [-0.4, -0.2) is 32.9 Å². The summed E-state index contributed by atoms with van der Waals surface area (Å²) >= 11 is 2.51. The molecule has 0 atom stereocenters. The van der Waals surface area contributed by atoms with Crippen molar-refractivity contribution in [3.05, 3.63) is 51.6 Å². The van der Waals surface area contributed by atoms with Crippen LogP contribution in [0.3, 0.4) is 0 Å². The Hall–Kier alpha value is -2.16. The quantitative estimate of drug-likeness (QED) is 0.511. The predicted molar refractivity (Wildman–Crippen MR) is 101 cm³/mol. The molecule has 3 aromatic rings. The number of fused-ring (bicyclic) bond motifs is 1. The Kier molecular flexibility index (Phi) is 5.52. The third-order valence-electron chi connectivity index (χ3n) is 3.52. The fraction of sp³-hybridized carbons (Fsp3) is 0.235. The first-order valence-corrected chi connectivity index (χ1v) is 9.53. The Bertz CT molecular complexity index is 948. The first kappa shape index (κ1) is 17.7. The van der Waals surface area contributed by atoms with Crippen LogP contribution in [-0.2, 0) is 11.3 Å². The Morgan fingerprint density at radius 1 is 1.32 bits per heavy atom. The van der Waals surface area contributed by atoms with Crippen molar-refractivity contribution in [3.8, 4) is 0 Å². The van der Waals surface area contributed by atoms with Crippen LogP contribution in [0.15, 0.2) is 45.7 Å². The zero-order valence-electron chi connectivity index (χ0n) is 13.6. The van der Waals surface area contributed by atoms with Gasteiger partial charge in [-0.1, -0.05) is 29.5 Å². The number of benzene rings is 1. The molecule has 0 saturated carbocycles. The minimum Gasteiger partial charge on any atom is -0.395 e. The average molecular weight is 375 g/mol. The van der Waals surface area contributed by atoms with Gasteiger partial charge < -0.3 is 10.4 Å². The molecule has 2 heterocycles. The van der Waals surface area contributed by atoms with Crippen LogP contribution in [0, 0.1) is 6.92 Å². The molecule has 1 amide bonds. The SMILES string of the molecule is Cc1ccc(NC(=O)CSc2nc3ccsc3c(=O)n2CCO)cc1. The van der Waals surface area contributed by atoms with E-state index in [1.165, 1.54) is 27.7 Å². The number of nitrogens with one attached hydrogen (secondary N) is 1. The third kappa shape index (κ3) is 4.09. The van der Waals surface area contributed by atoms with E-state index in [-0.39, 0.29) is 30.4 Å². The molecule has 130 valence electrons. The zero-order valence-corrected chi connectivity index (χ0v) is 15.2. The van der Waals surface area contributed by atoms with Crippen LogP contribution < -0.4 is 10.9 Å². The van der Waals surface area contributed by atoms with Crippen LogP contribution >= 0.6 is 23.1 Å². The highest BCUT2D eigenvalue weighted by Gasteiger charge is 2.14. The molecule has 1 aromatic carbocycles. The van der Waals surface area contributed by atoms with Gasteiger partial charge in [-0.25, -0.2) is 4.98 Å². The second-order valence-electron chi connectivity index (χ2n) is 5.41. The Morgan fingerprint density at radius 2 is 2.08 bits per heavy atom. The van der Waals surface area contributed by atoms with Crippen LogP contribution in [0.1, 0.15) is 5.56 Å². The smallest absolute Gasteiger partial charge is 0.272 e. The lowest BCUT2D eigenvalue weighted by atomic mass is 10.2. The number of thioether (sulfide) groups is 1. The number of carbonyl (C=O) groups excluding carboxylic acids is 1. The molecule has 0 spiro atoms. The van der Waals surface area contributed by atoms with E-state index < -0.39 is 0 Å². The summed E-state index contributed by atoms with van der Waals surface area (Å²) in [6.07, 6.45) is 0. The van der Waals surface area contributed by atoms with Gasteiger partial charge in [0.1, 0.15) is 4.70 Å². The van der Waals surface area contributed by atoms with Crippen LogP contribution in [0.2, 0.25) is 0 Å². The highest BCUT2D eigenvalue weighted by molar-refractivity contribution is 7.99. The molecule has 0 aliphatic rings. The number of aliphatic hydroxyl groups is 1. The van der Waals surface area contributed by atoms with Crippen LogP contribution in [0.5, 0.6) is 0 Å². The summed E-state index contributed by atoms with van der Waals surface area (Å²) in [7, 11) is 0. The summed E-state index contributed by atoms with van der Waals surface area (Å²) in [5.74, 6) is -0.0504. The monoisotopic (exact) mass is 375 g/mol. The first-order chi connectivity index (χ1) is 12.1. The summed E-state index contributed by atoms with van der Waals surface area (Å²) in [6, 6.07) is 9.31. The molecule has 2 N–H and O–H groups in total. The number of aliphatic hydroxyl groups excluding tert-OH is 1. The number of hydrogen-bond acceptors (Lipinski definition) is 6. The Morgan fingerprint density at radius 3 is 2.80 bits per heavy atom. The molecule has 8 heteroatoms. The van der Waals surface area contributed by atoms with Crippen LogP contribution in [0.4, 0.5) is 5.69 Å². The maximum Gasteiger partial charge on any atom is 0.272 e. The number of aryl methyl sites for hydroxylation is 1. The van der Waals surface area contributed by atoms with Crippen molar-refractivity contribution in [3.63, 3.8) is 0 Å². The molecular formula is C17H17N3O3S2. The molecule has 25 heavy (non-hydrogen) atoms. The molecule has 0 saturated heterocycles. The van der Waals surface area contributed by atoms with Crippen molar-refractivity contribution in [1.82, 2.24) is 9.55 Å². The zero-order chi connectivity index (χ0) is 17.8. The average Bonchev–Trinajstić information content (AvgIpc) is 3.07. The van der Waals surface area contributed by atoms with Crippen LogP contribution in [0.25, 0.3) is 10.2 Å². The van der Waals surface area contributed by atoms with E-state index in [2.05, 4.69) is 10.3 Å². The van der Waals surface area contributed by atoms with Gasteiger partial charge in [0.15, 0.2) is 5.16 Å². The molecule has 0 fully saturated rings. The minimum atomic E-state index is -0.185. The number of thiophene rings is 1. The maximum atomic E-state index is 12.5. The highest BCUT2D eigenvalue weighted by atomic mass is 32.2. The molecule has 3 rings (SSSR count). The normalized spacial score (nSPS) is 11.0. The van der Waals surface area contributed by atoms with Crippen molar-refractivity contribution in [1.29, 1.82) is 0 Å². The van der Waals surface area contributed by atoms with Crippen molar-refractivity contribution in [2.75, 3.05) is 17.7 Å². The van der Waals surface area contributed by atoms with E-state index in [0.717, 1.165) is 11.3 Å². The fourth-order valence-electron chi connectivity index (χ4n) is 2.29. The summed E-state index contributed by atoms with van der Waals surface area (Å²) in [5.41, 5.74) is 2.28. The van der Waals surface area contributed by atoms with Gasteiger partial charge in [0.2, 0.25) is 5.91 Å². The third-order valence-corrected chi connectivity index (χ3v) is 5.39. The van der Waals surface area contributed by atoms with Crippen molar-refractivity contribution < 1.29 is 9.90 Å². The number of amides is 1. The number of hydrogen-bond donors (Lipinski definition) is 2. The standard InChI is InChI=1S/C17H17N3O3S2/c1-11-2-4-12(5-3-11)18-14(22)10-25-17-19-13-6-9-24-15(13)16(23)20(17)7-8-21/h2-6,9,21H,7-8,10H2,1H3,(H,18,22). The van der Waals surface area contributed by atoms with E-state index in [0.29, 0.717) is 15.4 Å². The van der Waals surface area contributed by atoms with Gasteiger partial charge in [-0.05, 0) is 30.5 Å². The van der Waals surface area contributed by atoms with Gasteiger partial charge in [0, 0.05) is 5.69 Å². The highest BCUT2D eigenvalue weighted by Crippen LogP contribution is 2.21. The lowest BCUT2D eigenvalue weighted by molar-refractivity contribution is -0.113. The molecule has 0 aliphatic heterocycles. The summed E-state index contributed by atoms with van der Waals surface area (Å²) in [6.45, 7) is 1.97. The van der Waals surface area contributed by atoms with Gasteiger partial charge in [-0.2, -0.15) is 0 Å². The van der Waals surface area contributed by atoms with E-state index in [1.807, 2.05) is 31.2 Å². The molecular weight excluding hydrogens is 358 g/mol. The fourth-order valence-corrected chi connectivity index (χ4v) is 3.90. The molecule has 0 radical (unpaired) electrons. The van der Waals surface area contributed by atoms with E-state index in [9.17, 15) is 14.7 Å². The van der Waals surface area contributed by atoms with Gasteiger partial charge in [0.25, 0.3) is 5.56 Å². The van der Waals surface area contributed by atoms with Gasteiger partial charge >= 0.3 is 0 Å². The van der Waals surface area contributed by atoms with E-state index in [4.69, 9.17) is 0 Å². The molecule has 0 bridgehead atoms. The first-order valence-electron chi connectivity index (χ1n) is 7.66. The second kappa shape index (κ2) is 7.81. The lowest BCUT2D eigenvalue weighted by Crippen LogP contribution is -2.25. The number of aromatic nitrogens is 2. The van der Waals surface area contributed by atoms with E-state index in [1.54, 1.807) is 11.4 Å². The number of anilines is 1. The molecule has 0 aliphatic carbocycles. The predicted octanol–water partition coefficient (Wildman–Crippen LogP) is 2.49. The maximum absolute atomic E-state index is 12.5. The summed E-state index contributed by atoms with van der Waals surface area (Å²) in [5, 5.41) is 14.3. The van der Waals surface area contributed by atoms with E-state index >= 15 is 0 Å². The molecule has 2 aromatic heterocycles. The number of rotatable bonds is 6. The minimum absolute atomic E-state index is 0.126. The largest absolute Gasteiger partial charge is 0.395 e. The summed E-state index contributed by atoms with van der Waals surface area (Å²) in [4.78, 5) is 29.1. The molecule has 6 nitrogen and oxygen atoms in total. The van der Waals surface area contributed by atoms with Crippen molar-refractivity contribution in [2.45, 2.75) is 18.6 Å². The molecule has 0 unspecified atom stereocenters. The van der Waals surface area contributed by atoms with Gasteiger partial charge in [0.05, 0.1) is 24.4 Å². The van der Waals surface area contributed by atoms with Crippen molar-refractivity contribution in [2.24, 2.45) is 0 Å². The van der Waals surface area contributed by atoms with Gasteiger partial charge in [-0.15, -0.1) is 11.3 Å². The van der Waals surface area contributed by atoms with Gasteiger partial charge in [-0.3, -0.25) is 14.2 Å². The summed E-state index contributed by atoms with van der Waals surface area (Å²) < 4.78 is 1.98. The number of nitrogens with zero attached hydrogens (tertiary/aromatic N) is 2. The second-order valence-corrected chi connectivity index (χ2v) is 7.27.